The minimum absolute atomic E-state index is 0.761. The van der Waals surface area contributed by atoms with Gasteiger partial charge in [0.15, 0.2) is 0 Å². The average Bonchev–Trinajstić information content (AvgIpc) is 2.45. The van der Waals surface area contributed by atoms with E-state index in [-0.39, 0.29) is 0 Å². The van der Waals surface area contributed by atoms with Crippen LogP contribution >= 0.6 is 0 Å². The summed E-state index contributed by atoms with van der Waals surface area (Å²) in [5.74, 6) is 2.65. The van der Waals surface area contributed by atoms with Crippen molar-refractivity contribution >= 4 is 0 Å². The molecule has 1 rings (SSSR count). The summed E-state index contributed by atoms with van der Waals surface area (Å²) in [5, 5.41) is 3.81. The van der Waals surface area contributed by atoms with Crippen molar-refractivity contribution in [2.45, 2.75) is 72.3 Å². The summed E-state index contributed by atoms with van der Waals surface area (Å²) in [6, 6.07) is 0.761. The Hall–Kier alpha value is -0.0800. The molecule has 1 saturated carbocycles. The maximum absolute atomic E-state index is 3.81. The predicted molar refractivity (Wildman–Crippen MR) is 90.2 cm³/mol. The number of hydrogen-bond acceptors (Lipinski definition) is 2. The van der Waals surface area contributed by atoms with Gasteiger partial charge in [-0.25, -0.2) is 0 Å². The first-order chi connectivity index (χ1) is 9.60. The van der Waals surface area contributed by atoms with Gasteiger partial charge in [-0.2, -0.15) is 0 Å². The molecule has 1 aliphatic carbocycles. The summed E-state index contributed by atoms with van der Waals surface area (Å²) < 4.78 is 0. The molecule has 0 heterocycles. The van der Waals surface area contributed by atoms with E-state index in [1.807, 2.05) is 0 Å². The first-order valence-electron chi connectivity index (χ1n) is 9.02. The molecule has 2 nitrogen and oxygen atoms in total. The molecule has 1 fully saturated rings. The van der Waals surface area contributed by atoms with E-state index in [0.29, 0.717) is 0 Å². The van der Waals surface area contributed by atoms with Crippen molar-refractivity contribution in [1.82, 2.24) is 10.2 Å². The van der Waals surface area contributed by atoms with Crippen LogP contribution in [0.1, 0.15) is 66.2 Å². The molecule has 4 unspecified atom stereocenters. The van der Waals surface area contributed by atoms with Gasteiger partial charge in [0.2, 0.25) is 0 Å². The highest BCUT2D eigenvalue weighted by Gasteiger charge is 2.30. The number of nitrogens with zero attached hydrogens (tertiary/aromatic N) is 1. The molecule has 1 aliphatic rings. The third-order valence-corrected chi connectivity index (χ3v) is 5.19. The Labute approximate surface area is 127 Å². The largest absolute Gasteiger partial charge is 0.314 e. The predicted octanol–water partition coefficient (Wildman–Crippen LogP) is 4.16. The lowest BCUT2D eigenvalue weighted by atomic mass is 9.76. The number of rotatable bonds is 9. The zero-order valence-electron chi connectivity index (χ0n) is 14.6. The van der Waals surface area contributed by atoms with Gasteiger partial charge in [0.1, 0.15) is 0 Å². The Kier molecular flexibility index (Phi) is 8.79. The highest BCUT2D eigenvalue weighted by Crippen LogP contribution is 2.32. The van der Waals surface area contributed by atoms with E-state index in [1.54, 1.807) is 0 Å². The summed E-state index contributed by atoms with van der Waals surface area (Å²) in [6.07, 6.45) is 8.17. The highest BCUT2D eigenvalue weighted by molar-refractivity contribution is 4.86. The van der Waals surface area contributed by atoms with Crippen molar-refractivity contribution in [3.63, 3.8) is 0 Å². The van der Waals surface area contributed by atoms with E-state index < -0.39 is 0 Å². The summed E-state index contributed by atoms with van der Waals surface area (Å²) in [4.78, 5) is 2.58. The molecule has 0 amide bonds. The van der Waals surface area contributed by atoms with Crippen molar-refractivity contribution in [2.75, 3.05) is 26.7 Å². The fourth-order valence-corrected chi connectivity index (χ4v) is 3.67. The summed E-state index contributed by atoms with van der Waals surface area (Å²) in [6.45, 7) is 13.0. The van der Waals surface area contributed by atoms with Gasteiger partial charge in [-0.1, -0.05) is 40.5 Å². The molecular weight excluding hydrogens is 244 g/mol. The Balaban J connectivity index is 2.49. The van der Waals surface area contributed by atoms with Gasteiger partial charge >= 0.3 is 0 Å². The third kappa shape index (κ3) is 6.13. The molecule has 0 bridgehead atoms. The molecule has 0 aromatic rings. The van der Waals surface area contributed by atoms with Crippen LogP contribution in [0.15, 0.2) is 0 Å². The molecule has 0 radical (unpaired) electrons. The fourth-order valence-electron chi connectivity index (χ4n) is 3.67. The van der Waals surface area contributed by atoms with Crippen LogP contribution in [-0.4, -0.2) is 37.6 Å². The van der Waals surface area contributed by atoms with Crippen molar-refractivity contribution in [2.24, 2.45) is 17.8 Å². The van der Waals surface area contributed by atoms with Gasteiger partial charge in [0.05, 0.1) is 0 Å². The summed E-state index contributed by atoms with van der Waals surface area (Å²) >= 11 is 0. The van der Waals surface area contributed by atoms with E-state index in [2.05, 4.69) is 45.0 Å². The van der Waals surface area contributed by atoms with Gasteiger partial charge in [0.25, 0.3) is 0 Å². The summed E-state index contributed by atoms with van der Waals surface area (Å²) in [7, 11) is 2.32. The van der Waals surface area contributed by atoms with Crippen molar-refractivity contribution in [3.05, 3.63) is 0 Å². The van der Waals surface area contributed by atoms with E-state index in [9.17, 15) is 0 Å². The lowest BCUT2D eigenvalue weighted by Crippen LogP contribution is -2.46. The van der Waals surface area contributed by atoms with Crippen LogP contribution in [0.3, 0.4) is 0 Å². The SMILES string of the molecule is CCCNC1CCC(CC)CC1CN(C)CC(C)CC. The van der Waals surface area contributed by atoms with Crippen LogP contribution in [-0.2, 0) is 0 Å². The van der Waals surface area contributed by atoms with Gasteiger partial charge in [-0.05, 0) is 57.0 Å². The van der Waals surface area contributed by atoms with Crippen LogP contribution < -0.4 is 5.32 Å². The molecule has 20 heavy (non-hydrogen) atoms. The second-order valence-corrected chi connectivity index (χ2v) is 7.14. The quantitative estimate of drug-likeness (QED) is 0.683. The minimum atomic E-state index is 0.761. The number of nitrogens with one attached hydrogen (secondary N) is 1. The minimum Gasteiger partial charge on any atom is -0.314 e. The van der Waals surface area contributed by atoms with Crippen LogP contribution in [0.2, 0.25) is 0 Å². The average molecular weight is 283 g/mol. The fraction of sp³-hybridized carbons (Fsp3) is 1.00. The molecule has 4 atom stereocenters. The van der Waals surface area contributed by atoms with E-state index in [4.69, 9.17) is 0 Å². The zero-order chi connectivity index (χ0) is 15.0. The summed E-state index contributed by atoms with van der Waals surface area (Å²) in [5.41, 5.74) is 0. The monoisotopic (exact) mass is 282 g/mol. The first-order valence-corrected chi connectivity index (χ1v) is 9.02. The lowest BCUT2D eigenvalue weighted by Gasteiger charge is -2.39. The maximum Gasteiger partial charge on any atom is 0.0108 e. The molecule has 0 aromatic carbocycles. The molecule has 0 aliphatic heterocycles. The zero-order valence-corrected chi connectivity index (χ0v) is 14.6. The second-order valence-electron chi connectivity index (χ2n) is 7.14. The topological polar surface area (TPSA) is 15.3 Å². The number of hydrogen-bond donors (Lipinski definition) is 1. The highest BCUT2D eigenvalue weighted by atomic mass is 15.1. The standard InChI is InChI=1S/C18H38N2/c1-6-11-19-18-10-9-16(8-3)12-17(18)14-20(5)13-15(4)7-2/h15-19H,6-14H2,1-5H3. The molecule has 0 aromatic heterocycles. The molecule has 2 heteroatoms. The van der Waals surface area contributed by atoms with E-state index in [1.165, 1.54) is 58.2 Å². The Bertz CT molecular complexity index is 242. The lowest BCUT2D eigenvalue weighted by molar-refractivity contribution is 0.143. The third-order valence-electron chi connectivity index (χ3n) is 5.19. The molecular formula is C18H38N2. The second kappa shape index (κ2) is 9.78. The molecule has 0 spiro atoms. The first kappa shape index (κ1) is 18.0. The van der Waals surface area contributed by atoms with E-state index in [0.717, 1.165) is 23.8 Å². The smallest absolute Gasteiger partial charge is 0.0108 e. The van der Waals surface area contributed by atoms with Crippen molar-refractivity contribution in [1.29, 1.82) is 0 Å². The van der Waals surface area contributed by atoms with Gasteiger partial charge < -0.3 is 10.2 Å². The van der Waals surface area contributed by atoms with Crippen LogP contribution in [0, 0.1) is 17.8 Å². The van der Waals surface area contributed by atoms with Crippen LogP contribution in [0.25, 0.3) is 0 Å². The Morgan fingerprint density at radius 2 is 1.95 bits per heavy atom. The normalized spacial score (nSPS) is 28.8. The molecule has 120 valence electrons. The Morgan fingerprint density at radius 3 is 2.55 bits per heavy atom. The Morgan fingerprint density at radius 1 is 1.20 bits per heavy atom. The van der Waals surface area contributed by atoms with Crippen LogP contribution in [0.4, 0.5) is 0 Å². The van der Waals surface area contributed by atoms with Gasteiger partial charge in [-0.3, -0.25) is 0 Å². The maximum atomic E-state index is 3.81. The van der Waals surface area contributed by atoms with Crippen molar-refractivity contribution < 1.29 is 0 Å². The van der Waals surface area contributed by atoms with E-state index >= 15 is 0 Å². The van der Waals surface area contributed by atoms with Crippen molar-refractivity contribution in [3.8, 4) is 0 Å². The van der Waals surface area contributed by atoms with Crippen LogP contribution in [0.5, 0.6) is 0 Å². The molecule has 1 N–H and O–H groups in total. The van der Waals surface area contributed by atoms with Gasteiger partial charge in [0, 0.05) is 19.1 Å². The molecule has 0 saturated heterocycles. The van der Waals surface area contributed by atoms with Gasteiger partial charge in [-0.15, -0.1) is 0 Å².